The van der Waals surface area contributed by atoms with E-state index in [1.807, 2.05) is 0 Å². The van der Waals surface area contributed by atoms with E-state index in [-0.39, 0.29) is 23.2 Å². The van der Waals surface area contributed by atoms with Gasteiger partial charge in [-0.25, -0.2) is 4.98 Å². The highest BCUT2D eigenvalue weighted by Crippen LogP contribution is 2.27. The molecule has 2 aromatic rings. The number of halogens is 1. The number of rotatable bonds is 5. The van der Waals surface area contributed by atoms with E-state index in [1.54, 1.807) is 18.2 Å². The van der Waals surface area contributed by atoms with Crippen molar-refractivity contribution in [1.82, 2.24) is 9.97 Å². The minimum absolute atomic E-state index is 0.104. The van der Waals surface area contributed by atoms with Crippen molar-refractivity contribution < 1.29 is 19.0 Å². The average Bonchev–Trinajstić information content (AvgIpc) is 2.54. The van der Waals surface area contributed by atoms with E-state index in [1.165, 1.54) is 27.5 Å². The Balaban J connectivity index is 2.49. The number of benzene rings is 1. The van der Waals surface area contributed by atoms with Crippen LogP contribution in [-0.4, -0.2) is 37.1 Å². The highest BCUT2D eigenvalue weighted by Gasteiger charge is 2.21. The second-order valence-electron chi connectivity index (χ2n) is 3.95. The van der Waals surface area contributed by atoms with Gasteiger partial charge in [-0.2, -0.15) is 4.98 Å². The first-order valence-electron chi connectivity index (χ1n) is 5.94. The van der Waals surface area contributed by atoms with E-state index >= 15 is 0 Å². The monoisotopic (exact) mass is 352 g/mol. The summed E-state index contributed by atoms with van der Waals surface area (Å²) in [4.78, 5) is 20.7. The van der Waals surface area contributed by atoms with Crippen molar-refractivity contribution in [1.29, 1.82) is 0 Å². The third-order valence-corrected chi connectivity index (χ3v) is 3.45. The third kappa shape index (κ3) is 3.13. The van der Waals surface area contributed by atoms with Crippen LogP contribution in [-0.2, 0) is 0 Å². The lowest BCUT2D eigenvalue weighted by atomic mass is 10.1. The van der Waals surface area contributed by atoms with Crippen molar-refractivity contribution in [3.63, 3.8) is 0 Å². The van der Waals surface area contributed by atoms with Crippen LogP contribution in [0.25, 0.3) is 0 Å². The Hall–Kier alpha value is -2.15. The minimum atomic E-state index is -0.326. The first-order valence-corrected chi connectivity index (χ1v) is 6.73. The summed E-state index contributed by atoms with van der Waals surface area (Å²) in [7, 11) is 4.41. The van der Waals surface area contributed by atoms with Gasteiger partial charge >= 0.3 is 0 Å². The van der Waals surface area contributed by atoms with Crippen LogP contribution in [0.4, 0.5) is 0 Å². The quantitative estimate of drug-likeness (QED) is 0.770. The fraction of sp³-hybridized carbons (Fsp3) is 0.214. The smallest absolute Gasteiger partial charge is 0.247 e. The van der Waals surface area contributed by atoms with E-state index in [9.17, 15) is 4.79 Å². The number of methoxy groups -OCH3 is 3. The molecule has 0 saturated carbocycles. The molecular weight excluding hydrogens is 340 g/mol. The second-order valence-corrected chi connectivity index (χ2v) is 4.80. The molecule has 7 heteroatoms. The van der Waals surface area contributed by atoms with Gasteiger partial charge in [0.25, 0.3) is 0 Å². The number of nitrogens with zero attached hydrogens (tertiary/aromatic N) is 2. The Labute approximate surface area is 130 Å². The van der Waals surface area contributed by atoms with Crippen molar-refractivity contribution in [2.75, 3.05) is 21.3 Å². The summed E-state index contributed by atoms with van der Waals surface area (Å²) in [5.74, 6) is 0.622. The molecule has 0 spiro atoms. The van der Waals surface area contributed by atoms with Gasteiger partial charge in [0.15, 0.2) is 5.69 Å². The molecule has 21 heavy (non-hydrogen) atoms. The Kier molecular flexibility index (Phi) is 4.74. The number of aromatic nitrogens is 2. The summed E-state index contributed by atoms with van der Waals surface area (Å²) in [6, 6.07) is 5.10. The van der Waals surface area contributed by atoms with Crippen LogP contribution in [0.3, 0.4) is 0 Å². The SMILES string of the molecule is COc1ccc(Br)c(C(=O)c2ncc(OC)nc2OC)c1. The number of carbonyl (C=O) groups is 1. The molecule has 0 fully saturated rings. The summed E-state index contributed by atoms with van der Waals surface area (Å²) in [6.07, 6.45) is 1.36. The van der Waals surface area contributed by atoms with E-state index in [4.69, 9.17) is 14.2 Å². The van der Waals surface area contributed by atoms with Crippen molar-refractivity contribution in [2.45, 2.75) is 0 Å². The van der Waals surface area contributed by atoms with Crippen LogP contribution in [0, 0.1) is 0 Å². The van der Waals surface area contributed by atoms with E-state index < -0.39 is 0 Å². The molecule has 0 radical (unpaired) electrons. The molecule has 0 N–H and O–H groups in total. The maximum absolute atomic E-state index is 12.6. The number of ether oxygens (including phenoxy) is 3. The number of hydrogen-bond acceptors (Lipinski definition) is 6. The standard InChI is InChI=1S/C14H13BrN2O4/c1-19-8-4-5-10(15)9(6-8)13(18)12-14(21-3)17-11(20-2)7-16-12/h4-7H,1-3H3. The molecule has 0 saturated heterocycles. The molecule has 0 aliphatic carbocycles. The lowest BCUT2D eigenvalue weighted by Gasteiger charge is -2.09. The van der Waals surface area contributed by atoms with Gasteiger partial charge in [-0.3, -0.25) is 4.79 Å². The van der Waals surface area contributed by atoms with Crippen LogP contribution < -0.4 is 14.2 Å². The molecule has 2 rings (SSSR count). The molecule has 1 aromatic carbocycles. The van der Waals surface area contributed by atoms with Gasteiger partial charge in [0, 0.05) is 10.0 Å². The highest BCUT2D eigenvalue weighted by molar-refractivity contribution is 9.10. The predicted octanol–water partition coefficient (Wildman–Crippen LogP) is 2.50. The zero-order chi connectivity index (χ0) is 15.4. The molecule has 1 heterocycles. The van der Waals surface area contributed by atoms with Gasteiger partial charge in [-0.1, -0.05) is 15.9 Å². The van der Waals surface area contributed by atoms with E-state index in [0.717, 1.165) is 0 Å². The van der Waals surface area contributed by atoms with E-state index in [0.29, 0.717) is 15.8 Å². The fourth-order valence-corrected chi connectivity index (χ4v) is 2.11. The molecule has 110 valence electrons. The largest absolute Gasteiger partial charge is 0.497 e. The van der Waals surface area contributed by atoms with Crippen molar-refractivity contribution in [2.24, 2.45) is 0 Å². The summed E-state index contributed by atoms with van der Waals surface area (Å²) >= 11 is 3.34. The highest BCUT2D eigenvalue weighted by atomic mass is 79.9. The van der Waals surface area contributed by atoms with Crippen LogP contribution in [0.1, 0.15) is 16.1 Å². The maximum atomic E-state index is 12.6. The van der Waals surface area contributed by atoms with Crippen LogP contribution in [0.15, 0.2) is 28.9 Å². The summed E-state index contributed by atoms with van der Waals surface area (Å²) in [6.45, 7) is 0. The lowest BCUT2D eigenvalue weighted by Crippen LogP contribution is -2.09. The molecule has 6 nitrogen and oxygen atoms in total. The Morgan fingerprint density at radius 3 is 2.52 bits per heavy atom. The fourth-order valence-electron chi connectivity index (χ4n) is 1.69. The maximum Gasteiger partial charge on any atom is 0.247 e. The predicted molar refractivity (Wildman–Crippen MR) is 79.3 cm³/mol. The van der Waals surface area contributed by atoms with Crippen molar-refractivity contribution >= 4 is 21.7 Å². The summed E-state index contributed by atoms with van der Waals surface area (Å²) in [5.41, 5.74) is 0.513. The molecule has 0 aliphatic rings. The average molecular weight is 353 g/mol. The van der Waals surface area contributed by atoms with Gasteiger partial charge in [0.2, 0.25) is 17.5 Å². The Morgan fingerprint density at radius 2 is 1.90 bits per heavy atom. The topological polar surface area (TPSA) is 70.5 Å². The summed E-state index contributed by atoms with van der Waals surface area (Å²) in [5, 5.41) is 0. The number of ketones is 1. The Morgan fingerprint density at radius 1 is 1.14 bits per heavy atom. The third-order valence-electron chi connectivity index (χ3n) is 2.75. The zero-order valence-corrected chi connectivity index (χ0v) is 13.3. The number of carbonyl (C=O) groups excluding carboxylic acids is 1. The zero-order valence-electron chi connectivity index (χ0n) is 11.7. The minimum Gasteiger partial charge on any atom is -0.497 e. The molecule has 0 atom stereocenters. The van der Waals surface area contributed by atoms with E-state index in [2.05, 4.69) is 25.9 Å². The first kappa shape index (κ1) is 15.2. The second kappa shape index (κ2) is 6.53. The molecule has 0 amide bonds. The molecule has 0 bridgehead atoms. The molecule has 0 unspecified atom stereocenters. The van der Waals surface area contributed by atoms with Crippen LogP contribution >= 0.6 is 15.9 Å². The van der Waals surface area contributed by atoms with Gasteiger partial charge in [0.05, 0.1) is 27.5 Å². The number of hydrogen-bond donors (Lipinski definition) is 0. The van der Waals surface area contributed by atoms with Crippen molar-refractivity contribution in [3.05, 3.63) is 40.1 Å². The van der Waals surface area contributed by atoms with Gasteiger partial charge in [0.1, 0.15) is 5.75 Å². The first-order chi connectivity index (χ1) is 10.1. The molecule has 1 aromatic heterocycles. The molecular formula is C14H13BrN2O4. The Bertz CT molecular complexity index is 676. The van der Waals surface area contributed by atoms with Gasteiger partial charge in [-0.15, -0.1) is 0 Å². The normalized spacial score (nSPS) is 10.1. The van der Waals surface area contributed by atoms with Gasteiger partial charge < -0.3 is 14.2 Å². The van der Waals surface area contributed by atoms with Gasteiger partial charge in [-0.05, 0) is 18.2 Å². The summed E-state index contributed by atoms with van der Waals surface area (Å²) < 4.78 is 15.8. The molecule has 0 aliphatic heterocycles. The van der Waals surface area contributed by atoms with Crippen molar-refractivity contribution in [3.8, 4) is 17.5 Å². The lowest BCUT2D eigenvalue weighted by molar-refractivity contribution is 0.102. The van der Waals surface area contributed by atoms with Crippen LogP contribution in [0.2, 0.25) is 0 Å². The van der Waals surface area contributed by atoms with Crippen LogP contribution in [0.5, 0.6) is 17.5 Å².